The minimum absolute atomic E-state index is 0.0421. The third-order valence-corrected chi connectivity index (χ3v) is 3.06. The van der Waals surface area contributed by atoms with E-state index in [1.54, 1.807) is 6.07 Å². The lowest BCUT2D eigenvalue weighted by Crippen LogP contribution is -2.36. The maximum atomic E-state index is 12.1. The Bertz CT molecular complexity index is 531. The summed E-state index contributed by atoms with van der Waals surface area (Å²) in [5, 5.41) is 11.9. The van der Waals surface area contributed by atoms with Crippen molar-refractivity contribution in [1.29, 1.82) is 0 Å². The van der Waals surface area contributed by atoms with Crippen molar-refractivity contribution >= 4 is 5.91 Å². The lowest BCUT2D eigenvalue weighted by molar-refractivity contribution is 0.0915. The number of hydrogen-bond donors (Lipinski definition) is 2. The molecule has 1 atom stereocenters. The number of amides is 1. The molecule has 0 radical (unpaired) electrons. The van der Waals surface area contributed by atoms with Gasteiger partial charge in [-0.1, -0.05) is 13.0 Å². The van der Waals surface area contributed by atoms with E-state index >= 15 is 0 Å². The smallest absolute Gasteiger partial charge is 0.251 e. The standard InChI is InChI=1S/C15H18N2O2/c1-2-13(11-18)16-15(19)12-6-5-7-14(10-12)17-8-3-4-9-17/h3-10,13,18H,2,11H2,1H3,(H,16,19). The Hall–Kier alpha value is -2.07. The number of aliphatic hydroxyl groups excluding tert-OH is 1. The summed E-state index contributed by atoms with van der Waals surface area (Å²) in [6, 6.07) is 11.1. The van der Waals surface area contributed by atoms with Crippen molar-refractivity contribution in [2.45, 2.75) is 19.4 Å². The largest absolute Gasteiger partial charge is 0.394 e. The first kappa shape index (κ1) is 13.4. The van der Waals surface area contributed by atoms with Gasteiger partial charge in [0.05, 0.1) is 12.6 Å². The molecule has 1 heterocycles. The van der Waals surface area contributed by atoms with Gasteiger partial charge >= 0.3 is 0 Å². The van der Waals surface area contributed by atoms with E-state index in [0.29, 0.717) is 12.0 Å². The van der Waals surface area contributed by atoms with Gasteiger partial charge in [-0.15, -0.1) is 0 Å². The molecule has 1 amide bonds. The van der Waals surface area contributed by atoms with Gasteiger partial charge in [-0.25, -0.2) is 0 Å². The molecule has 0 aliphatic carbocycles. The molecule has 0 saturated heterocycles. The molecular formula is C15H18N2O2. The van der Waals surface area contributed by atoms with Crippen LogP contribution in [0.4, 0.5) is 0 Å². The van der Waals surface area contributed by atoms with Crippen LogP contribution in [0.15, 0.2) is 48.8 Å². The van der Waals surface area contributed by atoms with E-state index in [1.165, 1.54) is 0 Å². The van der Waals surface area contributed by atoms with Crippen molar-refractivity contribution in [3.05, 3.63) is 54.4 Å². The zero-order valence-corrected chi connectivity index (χ0v) is 10.9. The second-order valence-electron chi connectivity index (χ2n) is 4.40. The number of nitrogens with zero attached hydrogens (tertiary/aromatic N) is 1. The highest BCUT2D eigenvalue weighted by Crippen LogP contribution is 2.11. The number of carbonyl (C=O) groups excluding carboxylic acids is 1. The van der Waals surface area contributed by atoms with Gasteiger partial charge in [0, 0.05) is 23.6 Å². The Morgan fingerprint density at radius 2 is 2.05 bits per heavy atom. The van der Waals surface area contributed by atoms with E-state index in [9.17, 15) is 4.79 Å². The molecule has 0 saturated carbocycles. The van der Waals surface area contributed by atoms with Gasteiger partial charge < -0.3 is 15.0 Å². The van der Waals surface area contributed by atoms with Gasteiger partial charge in [0.15, 0.2) is 0 Å². The summed E-state index contributed by atoms with van der Waals surface area (Å²) in [6.07, 6.45) is 4.57. The summed E-state index contributed by atoms with van der Waals surface area (Å²) in [5.74, 6) is -0.157. The molecule has 4 heteroatoms. The van der Waals surface area contributed by atoms with Gasteiger partial charge in [0.1, 0.15) is 0 Å². The third kappa shape index (κ3) is 3.23. The van der Waals surface area contributed by atoms with Crippen LogP contribution < -0.4 is 5.32 Å². The second kappa shape index (κ2) is 6.20. The Kier molecular flexibility index (Phi) is 4.36. The van der Waals surface area contributed by atoms with Crippen molar-refractivity contribution in [3.8, 4) is 5.69 Å². The molecule has 1 aromatic heterocycles. The molecule has 0 aliphatic rings. The van der Waals surface area contributed by atoms with Gasteiger partial charge in [0.25, 0.3) is 5.91 Å². The molecule has 2 rings (SSSR count). The van der Waals surface area contributed by atoms with Crippen molar-refractivity contribution in [1.82, 2.24) is 9.88 Å². The zero-order chi connectivity index (χ0) is 13.7. The second-order valence-corrected chi connectivity index (χ2v) is 4.40. The van der Waals surface area contributed by atoms with Crippen LogP contribution >= 0.6 is 0 Å². The molecule has 0 bridgehead atoms. The average molecular weight is 258 g/mol. The first-order valence-corrected chi connectivity index (χ1v) is 6.39. The SMILES string of the molecule is CCC(CO)NC(=O)c1cccc(-n2cccc2)c1. The quantitative estimate of drug-likeness (QED) is 0.861. The monoisotopic (exact) mass is 258 g/mol. The predicted octanol–water partition coefficient (Wildman–Crippen LogP) is 1.98. The number of aromatic nitrogens is 1. The summed E-state index contributed by atoms with van der Waals surface area (Å²) in [7, 11) is 0. The van der Waals surface area contributed by atoms with Crippen LogP contribution in [0.5, 0.6) is 0 Å². The number of aliphatic hydroxyl groups is 1. The Balaban J connectivity index is 2.17. The molecule has 19 heavy (non-hydrogen) atoms. The van der Waals surface area contributed by atoms with Gasteiger partial charge in [-0.05, 0) is 36.8 Å². The highest BCUT2D eigenvalue weighted by molar-refractivity contribution is 5.94. The first-order chi connectivity index (χ1) is 9.24. The number of nitrogens with one attached hydrogen (secondary N) is 1. The number of hydrogen-bond acceptors (Lipinski definition) is 2. The molecular weight excluding hydrogens is 240 g/mol. The Morgan fingerprint density at radius 3 is 2.68 bits per heavy atom. The van der Waals surface area contributed by atoms with Gasteiger partial charge in [-0.3, -0.25) is 4.79 Å². The van der Waals surface area contributed by atoms with Crippen LogP contribution in [0.2, 0.25) is 0 Å². The van der Waals surface area contributed by atoms with Gasteiger partial charge in [-0.2, -0.15) is 0 Å². The Labute approximate surface area is 112 Å². The zero-order valence-electron chi connectivity index (χ0n) is 10.9. The van der Waals surface area contributed by atoms with E-state index in [2.05, 4.69) is 5.32 Å². The predicted molar refractivity (Wildman–Crippen MR) is 74.4 cm³/mol. The fourth-order valence-electron chi connectivity index (χ4n) is 1.86. The van der Waals surface area contributed by atoms with Crippen molar-refractivity contribution < 1.29 is 9.90 Å². The van der Waals surface area contributed by atoms with Crippen LogP contribution in [0.3, 0.4) is 0 Å². The van der Waals surface area contributed by atoms with E-state index in [-0.39, 0.29) is 18.6 Å². The molecule has 100 valence electrons. The molecule has 1 unspecified atom stereocenters. The number of rotatable bonds is 5. The topological polar surface area (TPSA) is 54.3 Å². The highest BCUT2D eigenvalue weighted by atomic mass is 16.3. The number of benzene rings is 1. The first-order valence-electron chi connectivity index (χ1n) is 6.39. The maximum absolute atomic E-state index is 12.1. The lowest BCUT2D eigenvalue weighted by atomic mass is 10.1. The fraction of sp³-hybridized carbons (Fsp3) is 0.267. The minimum atomic E-state index is -0.192. The molecule has 1 aromatic carbocycles. The molecule has 0 aliphatic heterocycles. The normalized spacial score (nSPS) is 12.1. The highest BCUT2D eigenvalue weighted by Gasteiger charge is 2.11. The average Bonchev–Trinajstić information content (AvgIpc) is 2.99. The van der Waals surface area contributed by atoms with Crippen molar-refractivity contribution in [3.63, 3.8) is 0 Å². The van der Waals surface area contributed by atoms with Crippen LogP contribution in [0.1, 0.15) is 23.7 Å². The van der Waals surface area contributed by atoms with E-state index in [0.717, 1.165) is 5.69 Å². The fourth-order valence-corrected chi connectivity index (χ4v) is 1.86. The van der Waals surface area contributed by atoms with E-state index < -0.39 is 0 Å². The van der Waals surface area contributed by atoms with Crippen LogP contribution in [0, 0.1) is 0 Å². The summed E-state index contributed by atoms with van der Waals surface area (Å²) < 4.78 is 1.94. The van der Waals surface area contributed by atoms with Crippen molar-refractivity contribution in [2.24, 2.45) is 0 Å². The summed E-state index contributed by atoms with van der Waals surface area (Å²) >= 11 is 0. The number of carbonyl (C=O) groups is 1. The van der Waals surface area contributed by atoms with Crippen LogP contribution in [-0.2, 0) is 0 Å². The van der Waals surface area contributed by atoms with Gasteiger partial charge in [0.2, 0.25) is 0 Å². The molecule has 0 fully saturated rings. The molecule has 2 N–H and O–H groups in total. The molecule has 0 spiro atoms. The third-order valence-electron chi connectivity index (χ3n) is 3.06. The lowest BCUT2D eigenvalue weighted by Gasteiger charge is -2.14. The summed E-state index contributed by atoms with van der Waals surface area (Å²) in [6.45, 7) is 1.89. The minimum Gasteiger partial charge on any atom is -0.394 e. The van der Waals surface area contributed by atoms with E-state index in [1.807, 2.05) is 54.2 Å². The summed E-state index contributed by atoms with van der Waals surface area (Å²) in [5.41, 5.74) is 1.53. The maximum Gasteiger partial charge on any atom is 0.251 e. The van der Waals surface area contributed by atoms with Crippen LogP contribution in [0.25, 0.3) is 5.69 Å². The van der Waals surface area contributed by atoms with E-state index in [4.69, 9.17) is 5.11 Å². The molecule has 4 nitrogen and oxygen atoms in total. The van der Waals surface area contributed by atoms with Crippen LogP contribution in [-0.4, -0.2) is 28.2 Å². The summed E-state index contributed by atoms with van der Waals surface area (Å²) in [4.78, 5) is 12.1. The van der Waals surface area contributed by atoms with Crippen molar-refractivity contribution in [2.75, 3.05) is 6.61 Å². The molecule has 2 aromatic rings. The Morgan fingerprint density at radius 1 is 1.32 bits per heavy atom.